The van der Waals surface area contributed by atoms with Crippen LogP contribution in [0.4, 0.5) is 4.39 Å². The smallest absolute Gasteiger partial charge is 0.181 e. The molecule has 4 heteroatoms. The molecule has 0 N–H and O–H groups in total. The number of hydrogen-bond donors (Lipinski definition) is 0. The molecule has 1 aromatic heterocycles. The van der Waals surface area contributed by atoms with E-state index in [1.807, 2.05) is 13.0 Å². The van der Waals surface area contributed by atoms with E-state index < -0.39 is 0 Å². The summed E-state index contributed by atoms with van der Waals surface area (Å²) >= 11 is 2.19. The molecular formula is C13H9FINO. The van der Waals surface area contributed by atoms with Crippen LogP contribution in [0.1, 0.15) is 28.0 Å². The van der Waals surface area contributed by atoms with E-state index in [2.05, 4.69) is 27.6 Å². The molecule has 86 valence electrons. The second-order valence-corrected chi connectivity index (χ2v) is 5.40. The average molecular weight is 341 g/mol. The van der Waals surface area contributed by atoms with Crippen molar-refractivity contribution in [3.05, 3.63) is 38.3 Å². The van der Waals surface area contributed by atoms with Crippen LogP contribution >= 0.6 is 22.6 Å². The van der Waals surface area contributed by atoms with Gasteiger partial charge >= 0.3 is 0 Å². The van der Waals surface area contributed by atoms with Crippen molar-refractivity contribution in [2.75, 3.05) is 0 Å². The minimum atomic E-state index is -0.347. The summed E-state index contributed by atoms with van der Waals surface area (Å²) in [6, 6.07) is 3.38. The lowest BCUT2D eigenvalue weighted by molar-refractivity contribution is 0.0990. The van der Waals surface area contributed by atoms with Gasteiger partial charge in [0.2, 0.25) is 0 Å². The number of Topliss-reactive ketones (excluding diaryl/α,β-unsaturated/α-hetero) is 1. The fourth-order valence-corrected chi connectivity index (χ4v) is 3.21. The third-order valence-corrected chi connectivity index (χ3v) is 4.32. The summed E-state index contributed by atoms with van der Waals surface area (Å²) in [5.74, 6) is -0.319. The van der Waals surface area contributed by atoms with E-state index in [0.29, 0.717) is 17.6 Å². The molecule has 2 aromatic rings. The third-order valence-electron chi connectivity index (χ3n) is 3.08. The molecule has 0 saturated carbocycles. The van der Waals surface area contributed by atoms with Gasteiger partial charge in [0.25, 0.3) is 0 Å². The number of ketones is 1. The minimum absolute atomic E-state index is 0.0276. The molecule has 0 unspecified atom stereocenters. The van der Waals surface area contributed by atoms with Crippen LogP contribution in [0.3, 0.4) is 0 Å². The van der Waals surface area contributed by atoms with E-state index >= 15 is 0 Å². The molecule has 1 heterocycles. The lowest BCUT2D eigenvalue weighted by atomic mass is 10.1. The summed E-state index contributed by atoms with van der Waals surface area (Å²) < 4.78 is 14.8. The number of aromatic nitrogens is 1. The fourth-order valence-electron chi connectivity index (χ4n) is 2.28. The molecule has 1 aromatic carbocycles. The molecular weight excluding hydrogens is 332 g/mol. The first kappa shape index (κ1) is 11.1. The van der Waals surface area contributed by atoms with Gasteiger partial charge in [-0.25, -0.2) is 9.37 Å². The minimum Gasteiger partial charge on any atom is -0.292 e. The van der Waals surface area contributed by atoms with Gasteiger partial charge in [0.05, 0.1) is 0 Å². The van der Waals surface area contributed by atoms with Crippen molar-refractivity contribution in [1.29, 1.82) is 0 Å². The van der Waals surface area contributed by atoms with Crippen molar-refractivity contribution in [2.24, 2.45) is 0 Å². The lowest BCUT2D eigenvalue weighted by Gasteiger charge is -2.08. The van der Waals surface area contributed by atoms with Gasteiger partial charge in [-0.2, -0.15) is 0 Å². The fraction of sp³-hybridized carbons (Fsp3) is 0.231. The Labute approximate surface area is 111 Å². The van der Waals surface area contributed by atoms with Gasteiger partial charge in [0.1, 0.15) is 17.0 Å². The van der Waals surface area contributed by atoms with Crippen LogP contribution in [0.15, 0.2) is 12.1 Å². The van der Waals surface area contributed by atoms with Crippen LogP contribution < -0.4 is 0 Å². The topological polar surface area (TPSA) is 30.0 Å². The van der Waals surface area contributed by atoms with Gasteiger partial charge in [-0.3, -0.25) is 4.79 Å². The zero-order valence-corrected chi connectivity index (χ0v) is 11.3. The number of carbonyl (C=O) groups is 1. The SMILES string of the molecule is Cc1cc(F)c2nc3c(c(I)c2c1)CCC3=O. The van der Waals surface area contributed by atoms with Gasteiger partial charge in [-0.1, -0.05) is 0 Å². The van der Waals surface area contributed by atoms with Crippen LogP contribution in [0.5, 0.6) is 0 Å². The van der Waals surface area contributed by atoms with Crippen molar-refractivity contribution in [3.63, 3.8) is 0 Å². The molecule has 0 aliphatic heterocycles. The molecule has 0 fully saturated rings. The monoisotopic (exact) mass is 341 g/mol. The van der Waals surface area contributed by atoms with Crippen molar-refractivity contribution >= 4 is 39.3 Å². The predicted octanol–water partition coefficient (Wildman–Crippen LogP) is 3.42. The van der Waals surface area contributed by atoms with Crippen LogP contribution in [-0.2, 0) is 6.42 Å². The van der Waals surface area contributed by atoms with Gasteiger partial charge in [0.15, 0.2) is 5.78 Å². The number of pyridine rings is 1. The van der Waals surface area contributed by atoms with E-state index in [1.54, 1.807) is 0 Å². The molecule has 0 amide bonds. The zero-order valence-electron chi connectivity index (χ0n) is 9.18. The van der Waals surface area contributed by atoms with Crippen molar-refractivity contribution < 1.29 is 9.18 Å². The highest BCUT2D eigenvalue weighted by atomic mass is 127. The Kier molecular flexibility index (Phi) is 2.43. The van der Waals surface area contributed by atoms with E-state index in [4.69, 9.17) is 0 Å². The molecule has 1 aliphatic rings. The van der Waals surface area contributed by atoms with Gasteiger partial charge < -0.3 is 0 Å². The number of benzene rings is 1. The highest BCUT2D eigenvalue weighted by molar-refractivity contribution is 14.1. The molecule has 17 heavy (non-hydrogen) atoms. The molecule has 2 nitrogen and oxygen atoms in total. The molecule has 0 saturated heterocycles. The van der Waals surface area contributed by atoms with E-state index in [9.17, 15) is 9.18 Å². The summed E-state index contributed by atoms with van der Waals surface area (Å²) in [4.78, 5) is 15.9. The molecule has 0 bridgehead atoms. The number of rotatable bonds is 0. The van der Waals surface area contributed by atoms with Crippen LogP contribution in [0, 0.1) is 16.3 Å². The van der Waals surface area contributed by atoms with E-state index in [-0.39, 0.29) is 11.6 Å². The van der Waals surface area contributed by atoms with Gasteiger partial charge in [-0.05, 0) is 59.2 Å². The summed E-state index contributed by atoms with van der Waals surface area (Å²) in [6.45, 7) is 1.86. The molecule has 1 aliphatic carbocycles. The summed E-state index contributed by atoms with van der Waals surface area (Å²) in [6.07, 6.45) is 1.22. The Hall–Kier alpha value is -1.04. The first-order valence-corrected chi connectivity index (χ1v) is 6.47. The molecule has 0 radical (unpaired) electrons. The van der Waals surface area contributed by atoms with Crippen molar-refractivity contribution in [2.45, 2.75) is 19.8 Å². The van der Waals surface area contributed by atoms with E-state index in [0.717, 1.165) is 26.5 Å². The van der Waals surface area contributed by atoms with Crippen molar-refractivity contribution in [3.8, 4) is 0 Å². The number of hydrogen-bond acceptors (Lipinski definition) is 2. The molecule has 0 spiro atoms. The second kappa shape index (κ2) is 3.73. The lowest BCUT2D eigenvalue weighted by Crippen LogP contribution is -2.00. The Morgan fingerprint density at radius 2 is 2.12 bits per heavy atom. The number of carbonyl (C=O) groups excluding carboxylic acids is 1. The quantitative estimate of drug-likeness (QED) is 0.688. The standard InChI is InChI=1S/C13H9FINO/c1-6-4-8-11(15)7-2-3-10(17)13(7)16-12(8)9(14)5-6/h4-5H,2-3H2,1H3. The Balaban J connectivity index is 2.48. The number of halogens is 2. The van der Waals surface area contributed by atoms with Crippen LogP contribution in [0.25, 0.3) is 10.9 Å². The zero-order chi connectivity index (χ0) is 12.2. The van der Waals surface area contributed by atoms with Gasteiger partial charge in [0, 0.05) is 15.4 Å². The summed E-state index contributed by atoms with van der Waals surface area (Å²) in [7, 11) is 0. The maximum absolute atomic E-state index is 13.8. The van der Waals surface area contributed by atoms with Crippen molar-refractivity contribution in [1.82, 2.24) is 4.98 Å². The second-order valence-electron chi connectivity index (χ2n) is 4.32. The van der Waals surface area contributed by atoms with E-state index in [1.165, 1.54) is 6.07 Å². The largest absolute Gasteiger partial charge is 0.292 e. The first-order chi connectivity index (χ1) is 8.08. The Morgan fingerprint density at radius 1 is 1.35 bits per heavy atom. The maximum atomic E-state index is 13.8. The van der Waals surface area contributed by atoms with Crippen LogP contribution in [0.2, 0.25) is 0 Å². The number of aryl methyl sites for hydroxylation is 1. The molecule has 3 rings (SSSR count). The summed E-state index contributed by atoms with van der Waals surface area (Å²) in [5, 5.41) is 0.816. The van der Waals surface area contributed by atoms with Gasteiger partial charge in [-0.15, -0.1) is 0 Å². The highest BCUT2D eigenvalue weighted by Crippen LogP contribution is 2.32. The first-order valence-electron chi connectivity index (χ1n) is 5.39. The molecule has 0 atom stereocenters. The summed E-state index contributed by atoms with van der Waals surface area (Å²) in [5.41, 5.74) is 2.63. The Bertz CT molecular complexity index is 666. The maximum Gasteiger partial charge on any atom is 0.181 e. The number of nitrogens with zero attached hydrogens (tertiary/aromatic N) is 1. The predicted molar refractivity (Wildman–Crippen MR) is 71.8 cm³/mol. The third kappa shape index (κ3) is 1.57. The van der Waals surface area contributed by atoms with Crippen LogP contribution in [-0.4, -0.2) is 10.8 Å². The average Bonchev–Trinajstić information content (AvgIpc) is 2.63. The highest BCUT2D eigenvalue weighted by Gasteiger charge is 2.25. The number of fused-ring (bicyclic) bond motifs is 2. The Morgan fingerprint density at radius 3 is 2.88 bits per heavy atom. The normalized spacial score (nSPS) is 14.4.